The highest BCUT2D eigenvalue weighted by atomic mass is 15.1. The van der Waals surface area contributed by atoms with Crippen LogP contribution in [0.4, 0.5) is 0 Å². The first-order chi connectivity index (χ1) is 5.08. The Bertz CT molecular complexity index is 237. The predicted octanol–water partition coefficient (Wildman–Crippen LogP) is 0.885. The predicted molar refractivity (Wildman–Crippen MR) is 45.3 cm³/mol. The van der Waals surface area contributed by atoms with Crippen LogP contribution in [0, 0.1) is 6.92 Å². The van der Waals surface area contributed by atoms with Gasteiger partial charge in [-0.3, -0.25) is 0 Å². The molecule has 0 unspecified atom stereocenters. The van der Waals surface area contributed by atoms with Crippen molar-refractivity contribution in [3.8, 4) is 0 Å². The highest BCUT2D eigenvalue weighted by molar-refractivity contribution is 4.96. The molecule has 1 rings (SSSR count). The van der Waals surface area contributed by atoms with Gasteiger partial charge in [-0.1, -0.05) is 0 Å². The molecule has 0 saturated carbocycles. The average Bonchev–Trinajstić information content (AvgIpc) is 2.36. The third-order valence-corrected chi connectivity index (χ3v) is 1.98. The number of aromatic nitrogens is 2. The molecule has 0 aliphatic carbocycles. The summed E-state index contributed by atoms with van der Waals surface area (Å²) in [5, 5.41) is 0. The number of rotatable bonds is 2. The van der Waals surface area contributed by atoms with E-state index >= 15 is 0 Å². The monoisotopic (exact) mass is 153 g/mol. The molecular formula is C8H15N3. The van der Waals surface area contributed by atoms with Gasteiger partial charge < -0.3 is 10.3 Å². The molecule has 0 aliphatic heterocycles. The van der Waals surface area contributed by atoms with Crippen molar-refractivity contribution < 1.29 is 0 Å². The van der Waals surface area contributed by atoms with Gasteiger partial charge in [0, 0.05) is 18.9 Å². The molecule has 3 nitrogen and oxygen atoms in total. The van der Waals surface area contributed by atoms with Gasteiger partial charge in [0.2, 0.25) is 0 Å². The van der Waals surface area contributed by atoms with E-state index in [1.54, 1.807) is 6.20 Å². The molecule has 0 amide bonds. The molecule has 0 aromatic carbocycles. The van der Waals surface area contributed by atoms with Gasteiger partial charge in [0.25, 0.3) is 0 Å². The van der Waals surface area contributed by atoms with E-state index in [4.69, 9.17) is 5.73 Å². The van der Waals surface area contributed by atoms with E-state index in [0.717, 1.165) is 5.82 Å². The largest absolute Gasteiger partial charge is 0.328 e. The van der Waals surface area contributed by atoms with Gasteiger partial charge in [0.15, 0.2) is 0 Å². The van der Waals surface area contributed by atoms with Gasteiger partial charge in [-0.15, -0.1) is 0 Å². The normalized spacial score (nSPS) is 12.0. The van der Waals surface area contributed by atoms with Crippen molar-refractivity contribution >= 4 is 0 Å². The summed E-state index contributed by atoms with van der Waals surface area (Å²) in [6.45, 7) is 6.81. The lowest BCUT2D eigenvalue weighted by atomic mass is 10.1. The summed E-state index contributed by atoms with van der Waals surface area (Å²) in [4.78, 5) is 4.14. The summed E-state index contributed by atoms with van der Waals surface area (Å²) in [6, 6.07) is 0. The Hall–Kier alpha value is -0.830. The number of nitrogens with two attached hydrogens (primary N) is 1. The van der Waals surface area contributed by atoms with Gasteiger partial charge in [-0.2, -0.15) is 0 Å². The fourth-order valence-electron chi connectivity index (χ4n) is 1.12. The maximum Gasteiger partial charge on any atom is 0.106 e. The topological polar surface area (TPSA) is 43.8 Å². The first kappa shape index (κ1) is 8.27. The smallest absolute Gasteiger partial charge is 0.106 e. The van der Waals surface area contributed by atoms with Gasteiger partial charge in [0.05, 0.1) is 5.54 Å². The van der Waals surface area contributed by atoms with Crippen LogP contribution in [-0.2, 0) is 5.54 Å². The van der Waals surface area contributed by atoms with E-state index < -0.39 is 0 Å². The zero-order chi connectivity index (χ0) is 8.48. The minimum atomic E-state index is -0.0133. The summed E-state index contributed by atoms with van der Waals surface area (Å²) in [5.41, 5.74) is 5.60. The fraction of sp³-hybridized carbons (Fsp3) is 0.625. The van der Waals surface area contributed by atoms with Gasteiger partial charge in [0.1, 0.15) is 5.82 Å². The summed E-state index contributed by atoms with van der Waals surface area (Å²) >= 11 is 0. The summed E-state index contributed by atoms with van der Waals surface area (Å²) in [5.74, 6) is 1.01. The van der Waals surface area contributed by atoms with Crippen molar-refractivity contribution in [3.05, 3.63) is 18.2 Å². The van der Waals surface area contributed by atoms with E-state index in [1.165, 1.54) is 0 Å². The van der Waals surface area contributed by atoms with Gasteiger partial charge in [-0.25, -0.2) is 4.98 Å². The van der Waals surface area contributed by atoms with E-state index in [2.05, 4.69) is 23.4 Å². The first-order valence-electron chi connectivity index (χ1n) is 3.78. The van der Waals surface area contributed by atoms with Crippen molar-refractivity contribution in [2.45, 2.75) is 26.3 Å². The van der Waals surface area contributed by atoms with Crippen molar-refractivity contribution in [1.82, 2.24) is 9.55 Å². The molecule has 1 heterocycles. The highest BCUT2D eigenvalue weighted by Crippen LogP contribution is 2.14. The second kappa shape index (κ2) is 2.66. The Morgan fingerprint density at radius 2 is 2.27 bits per heavy atom. The van der Waals surface area contributed by atoms with Crippen LogP contribution in [0.2, 0.25) is 0 Å². The van der Waals surface area contributed by atoms with Crippen LogP contribution in [0.15, 0.2) is 12.4 Å². The van der Waals surface area contributed by atoms with Crippen LogP contribution >= 0.6 is 0 Å². The van der Waals surface area contributed by atoms with Crippen molar-refractivity contribution in [3.63, 3.8) is 0 Å². The minimum Gasteiger partial charge on any atom is -0.328 e. The number of aryl methyl sites for hydroxylation is 1. The van der Waals surface area contributed by atoms with Crippen molar-refractivity contribution in [2.24, 2.45) is 5.73 Å². The molecule has 0 fully saturated rings. The number of nitrogens with zero attached hydrogens (tertiary/aromatic N) is 2. The molecule has 0 radical (unpaired) electrons. The third kappa shape index (κ3) is 1.43. The Kier molecular flexibility index (Phi) is 2.00. The summed E-state index contributed by atoms with van der Waals surface area (Å²) < 4.78 is 2.09. The Morgan fingerprint density at radius 3 is 2.64 bits per heavy atom. The van der Waals surface area contributed by atoms with E-state index in [0.29, 0.717) is 6.54 Å². The van der Waals surface area contributed by atoms with E-state index in [9.17, 15) is 0 Å². The molecule has 0 spiro atoms. The second-order valence-corrected chi connectivity index (χ2v) is 3.36. The Morgan fingerprint density at radius 1 is 1.64 bits per heavy atom. The van der Waals surface area contributed by atoms with Crippen molar-refractivity contribution in [2.75, 3.05) is 6.54 Å². The maximum atomic E-state index is 5.62. The molecule has 0 aliphatic rings. The van der Waals surface area contributed by atoms with Crippen molar-refractivity contribution in [1.29, 1.82) is 0 Å². The van der Waals surface area contributed by atoms with Crippen LogP contribution in [0.1, 0.15) is 19.7 Å². The molecular weight excluding hydrogens is 138 g/mol. The van der Waals surface area contributed by atoms with E-state index in [-0.39, 0.29) is 5.54 Å². The fourth-order valence-corrected chi connectivity index (χ4v) is 1.12. The highest BCUT2D eigenvalue weighted by Gasteiger charge is 2.18. The molecule has 0 saturated heterocycles. The second-order valence-electron chi connectivity index (χ2n) is 3.36. The number of imidazole rings is 1. The molecule has 3 heteroatoms. The quantitative estimate of drug-likeness (QED) is 0.685. The van der Waals surface area contributed by atoms with Crippen LogP contribution in [0.5, 0.6) is 0 Å². The molecule has 2 N–H and O–H groups in total. The molecule has 0 bridgehead atoms. The van der Waals surface area contributed by atoms with E-state index in [1.807, 2.05) is 13.1 Å². The Balaban J connectivity index is 3.00. The van der Waals surface area contributed by atoms with Crippen LogP contribution in [0.3, 0.4) is 0 Å². The first-order valence-corrected chi connectivity index (χ1v) is 3.78. The summed E-state index contributed by atoms with van der Waals surface area (Å²) in [7, 11) is 0. The zero-order valence-corrected chi connectivity index (χ0v) is 7.33. The van der Waals surface area contributed by atoms with Gasteiger partial charge >= 0.3 is 0 Å². The molecule has 1 aromatic rings. The molecule has 0 atom stereocenters. The molecule has 11 heavy (non-hydrogen) atoms. The SMILES string of the molecule is Cc1nccn1C(C)(C)CN. The minimum absolute atomic E-state index is 0.0133. The maximum absolute atomic E-state index is 5.62. The lowest BCUT2D eigenvalue weighted by Gasteiger charge is -2.25. The summed E-state index contributed by atoms with van der Waals surface area (Å²) in [6.07, 6.45) is 3.76. The van der Waals surface area contributed by atoms with Crippen LogP contribution in [-0.4, -0.2) is 16.1 Å². The zero-order valence-electron chi connectivity index (χ0n) is 7.33. The average molecular weight is 153 g/mol. The lowest BCUT2D eigenvalue weighted by Crippen LogP contribution is -2.35. The van der Waals surface area contributed by atoms with Gasteiger partial charge in [-0.05, 0) is 20.8 Å². The van der Waals surface area contributed by atoms with Crippen LogP contribution < -0.4 is 5.73 Å². The number of hydrogen-bond donors (Lipinski definition) is 1. The van der Waals surface area contributed by atoms with Crippen LogP contribution in [0.25, 0.3) is 0 Å². The molecule has 62 valence electrons. The molecule has 1 aromatic heterocycles. The lowest BCUT2D eigenvalue weighted by molar-refractivity contribution is 0.359. The number of hydrogen-bond acceptors (Lipinski definition) is 2. The standard InChI is InChI=1S/C8H15N3/c1-7-10-4-5-11(7)8(2,3)6-9/h4-5H,6,9H2,1-3H3. The Labute approximate surface area is 67.2 Å². The third-order valence-electron chi connectivity index (χ3n) is 1.98.